The second-order valence-electron chi connectivity index (χ2n) is 0. The predicted molar refractivity (Wildman–Crippen MR) is 37.6 cm³/mol. The van der Waals surface area contributed by atoms with Crippen LogP contribution in [0.1, 0.15) is 2.85 Å². The van der Waals surface area contributed by atoms with Gasteiger partial charge >= 0.3 is 37.7 Å². The van der Waals surface area contributed by atoms with E-state index in [9.17, 15) is 0 Å². The second-order valence-corrected chi connectivity index (χ2v) is 0. The van der Waals surface area contributed by atoms with E-state index in [2.05, 4.69) is 8.79 Å². The van der Waals surface area contributed by atoms with Crippen LogP contribution < -0.4 is 0 Å². The summed E-state index contributed by atoms with van der Waals surface area (Å²) in [6, 6.07) is 0. The van der Waals surface area contributed by atoms with Gasteiger partial charge in [-0.05, 0) is 0 Å². The maximum absolute atomic E-state index is 2.56. The summed E-state index contributed by atoms with van der Waals surface area (Å²) in [5.41, 5.74) is 0. The molecule has 0 aromatic heterocycles. The molecule has 0 rings (SSSR count). The maximum Gasteiger partial charge on any atom is 2.00 e. The van der Waals surface area contributed by atoms with Gasteiger partial charge in [0, 0.05) is 9.91 Å². The fraction of sp³-hybridized carbons (Fsp3) is 0. The van der Waals surface area contributed by atoms with Gasteiger partial charge in [0.2, 0.25) is 0 Å². The Balaban J connectivity index is -0.000000000833. The summed E-state index contributed by atoms with van der Waals surface area (Å²) in [5, 5.41) is 0. The van der Waals surface area contributed by atoms with E-state index < -0.39 is 0 Å². The Kier molecular flexibility index (Phi) is 72.5. The fourth-order valence-electron chi connectivity index (χ4n) is 0. The van der Waals surface area contributed by atoms with Crippen molar-refractivity contribution in [1.29, 1.82) is 0 Å². The SMILES string of the molecule is [AlH3].[Ca+2].[H-].[H-].[SiH3]P. The molecule has 0 saturated carbocycles. The third kappa shape index (κ3) is 8.83. The van der Waals surface area contributed by atoms with Crippen LogP contribution in [0.5, 0.6) is 0 Å². The summed E-state index contributed by atoms with van der Waals surface area (Å²) in [4.78, 5) is 0. The van der Waals surface area contributed by atoms with Crippen LogP contribution in [0, 0.1) is 0 Å². The van der Waals surface area contributed by atoms with Crippen LogP contribution in [-0.2, 0) is 0 Å². The third-order valence-electron chi connectivity index (χ3n) is 0. The number of rotatable bonds is 0. The van der Waals surface area contributed by atoms with Crippen LogP contribution in [0.25, 0.3) is 0 Å². The van der Waals surface area contributed by atoms with Gasteiger partial charge in [-0.3, -0.25) is 0 Å². The first-order chi connectivity index (χ1) is 1.00. The molecule has 0 aromatic rings. The third-order valence-corrected chi connectivity index (χ3v) is 0. The molecule has 0 saturated heterocycles. The fourth-order valence-corrected chi connectivity index (χ4v) is 0. The van der Waals surface area contributed by atoms with Gasteiger partial charge < -0.3 is 2.85 Å². The average molecular weight is 136 g/mol. The Labute approximate surface area is 75.7 Å². The summed E-state index contributed by atoms with van der Waals surface area (Å²) >= 11 is 0. The van der Waals surface area contributed by atoms with Crippen LogP contribution in [0.3, 0.4) is 0 Å². The summed E-state index contributed by atoms with van der Waals surface area (Å²) in [6.45, 7) is 0. The Morgan fingerprint density at radius 1 is 1.50 bits per heavy atom. The molecule has 0 aliphatic heterocycles. The monoisotopic (exact) mass is 136 g/mol. The first-order valence-corrected chi connectivity index (χ1v) is 5.20. The molecule has 0 N–H and O–H groups in total. The molecule has 0 fully saturated rings. The quantitative estimate of drug-likeness (QED) is 0.262. The first-order valence-electron chi connectivity index (χ1n) is 0.577. The Hall–Kier alpha value is 2.44. The molecule has 0 aliphatic rings. The molecule has 4 heteroatoms. The molecule has 4 heavy (non-hydrogen) atoms. The molecule has 0 bridgehead atoms. The molecular weight excluding hydrogens is 126 g/mol. The number of hydrogen-bond acceptors (Lipinski definition) is 0. The molecule has 24 valence electrons. The van der Waals surface area contributed by atoms with E-state index in [0.717, 1.165) is 0 Å². The zero-order valence-electron chi connectivity index (χ0n) is 4.28. The molecule has 0 nitrogen and oxygen atoms in total. The van der Waals surface area contributed by atoms with Gasteiger partial charge in [-0.1, -0.05) is 0 Å². The van der Waals surface area contributed by atoms with Gasteiger partial charge in [-0.15, -0.1) is 0 Å². The van der Waals surface area contributed by atoms with Gasteiger partial charge in [0.25, 0.3) is 0 Å². The van der Waals surface area contributed by atoms with E-state index in [-0.39, 0.29) is 58.0 Å². The predicted octanol–water partition coefficient (Wildman–Crippen LogP) is -2.20. The molecule has 1 unspecified atom stereocenters. The molecule has 0 heterocycles. The minimum atomic E-state index is 0. The molecular formula is H10AlCaPSi. The van der Waals surface area contributed by atoms with Crippen molar-refractivity contribution >= 4 is 73.8 Å². The molecule has 0 amide bonds. The van der Waals surface area contributed by atoms with Crippen molar-refractivity contribution in [3.63, 3.8) is 0 Å². The van der Waals surface area contributed by atoms with E-state index in [1.807, 2.05) is 0 Å². The van der Waals surface area contributed by atoms with Crippen molar-refractivity contribution in [2.75, 3.05) is 0 Å². The Morgan fingerprint density at radius 3 is 1.50 bits per heavy atom. The van der Waals surface area contributed by atoms with Gasteiger partial charge in [-0.25, -0.2) is 0 Å². The van der Waals surface area contributed by atoms with E-state index in [4.69, 9.17) is 0 Å². The van der Waals surface area contributed by atoms with Crippen molar-refractivity contribution in [1.82, 2.24) is 0 Å². The van der Waals surface area contributed by atoms with E-state index >= 15 is 0 Å². The Morgan fingerprint density at radius 2 is 1.50 bits per heavy atom. The van der Waals surface area contributed by atoms with Gasteiger partial charge in [0.05, 0.1) is 0 Å². The summed E-state index contributed by atoms with van der Waals surface area (Å²) in [7, 11) is 3.78. The molecule has 0 aliphatic carbocycles. The van der Waals surface area contributed by atoms with Gasteiger partial charge in [0.1, 0.15) is 0 Å². The Bertz CT molecular complexity index is 13.5. The molecule has 0 aromatic carbocycles. The molecule has 1 atom stereocenters. The van der Waals surface area contributed by atoms with Crippen molar-refractivity contribution < 1.29 is 2.85 Å². The summed E-state index contributed by atoms with van der Waals surface area (Å²) < 4.78 is 0. The van der Waals surface area contributed by atoms with Crippen LogP contribution in [0.4, 0.5) is 0 Å². The van der Waals surface area contributed by atoms with Gasteiger partial charge in [0.15, 0.2) is 17.4 Å². The first kappa shape index (κ1) is 16.1. The summed E-state index contributed by atoms with van der Waals surface area (Å²) in [6.07, 6.45) is 0. The minimum Gasteiger partial charge on any atom is -1.00 e. The topological polar surface area (TPSA) is 0 Å². The number of hydrogen-bond donors (Lipinski definition) is 0. The summed E-state index contributed by atoms with van der Waals surface area (Å²) in [5.74, 6) is 0. The molecule has 0 radical (unpaired) electrons. The standard InChI is InChI=1S/Al.Ca.H5PSi.5H/c;;1-2;;;;;/h;;1H2,2H3;;;;;/q;+2;;;;;2*-1. The van der Waals surface area contributed by atoms with E-state index in [0.29, 0.717) is 0 Å². The molecule has 0 spiro atoms. The van der Waals surface area contributed by atoms with Crippen molar-refractivity contribution in [2.45, 2.75) is 0 Å². The maximum atomic E-state index is 2.56. The van der Waals surface area contributed by atoms with Crippen LogP contribution >= 0.6 is 8.79 Å². The average Bonchev–Trinajstić information content (AvgIpc) is 1.00. The zero-order valence-corrected chi connectivity index (χ0v) is 7.65. The second kappa shape index (κ2) is 18.0. The van der Waals surface area contributed by atoms with Crippen LogP contribution in [-0.4, -0.2) is 65.0 Å². The van der Waals surface area contributed by atoms with Crippen molar-refractivity contribution in [2.24, 2.45) is 0 Å². The van der Waals surface area contributed by atoms with Crippen molar-refractivity contribution in [3.8, 4) is 0 Å². The van der Waals surface area contributed by atoms with Crippen molar-refractivity contribution in [3.05, 3.63) is 0 Å². The minimum absolute atomic E-state index is 0. The van der Waals surface area contributed by atoms with E-state index in [1.165, 1.54) is 9.91 Å². The zero-order chi connectivity index (χ0) is 2.00. The smallest absolute Gasteiger partial charge is 1.00 e. The van der Waals surface area contributed by atoms with Crippen LogP contribution in [0.2, 0.25) is 0 Å². The van der Waals surface area contributed by atoms with Gasteiger partial charge in [-0.2, -0.15) is 8.79 Å². The van der Waals surface area contributed by atoms with Crippen LogP contribution in [0.15, 0.2) is 0 Å². The van der Waals surface area contributed by atoms with E-state index in [1.54, 1.807) is 0 Å². The normalized spacial score (nSPS) is 2.25. The largest absolute Gasteiger partial charge is 2.00 e.